The van der Waals surface area contributed by atoms with Gasteiger partial charge in [0.15, 0.2) is 0 Å². The van der Waals surface area contributed by atoms with E-state index in [0.29, 0.717) is 25.7 Å². The molecule has 0 bridgehead atoms. The Labute approximate surface area is 221 Å². The Bertz CT molecular complexity index is 548. The summed E-state index contributed by atoms with van der Waals surface area (Å²) in [6.45, 7) is 6.43. The van der Waals surface area contributed by atoms with Crippen LogP contribution in [0.5, 0.6) is 0 Å². The molecule has 36 heavy (non-hydrogen) atoms. The number of carboxylic acids is 1. The van der Waals surface area contributed by atoms with Crippen LogP contribution in [-0.4, -0.2) is 35.2 Å². The summed E-state index contributed by atoms with van der Waals surface area (Å²) in [7, 11) is 0. The number of carbonyl (C=O) groups is 3. The van der Waals surface area contributed by atoms with Crippen molar-refractivity contribution in [3.63, 3.8) is 0 Å². The number of hydrogen-bond acceptors (Lipinski definition) is 5. The molecule has 1 N–H and O–H groups in total. The number of carbonyl (C=O) groups excluding carboxylic acids is 2. The first kappa shape index (κ1) is 34.4. The van der Waals surface area contributed by atoms with Crippen molar-refractivity contribution >= 4 is 17.9 Å². The van der Waals surface area contributed by atoms with Crippen LogP contribution in [0.4, 0.5) is 0 Å². The molecule has 0 heterocycles. The molecular weight excluding hydrogens is 456 g/mol. The first-order valence-corrected chi connectivity index (χ1v) is 15.0. The molecule has 0 aliphatic carbocycles. The number of aliphatic carboxylic acids is 1. The molecule has 0 aromatic rings. The number of ether oxygens (including phenoxy) is 2. The first-order valence-electron chi connectivity index (χ1n) is 15.0. The predicted molar refractivity (Wildman–Crippen MR) is 146 cm³/mol. The summed E-state index contributed by atoms with van der Waals surface area (Å²) in [5.41, 5.74) is 0. The molecule has 212 valence electrons. The van der Waals surface area contributed by atoms with Crippen LogP contribution in [0.25, 0.3) is 0 Å². The molecule has 0 amide bonds. The summed E-state index contributed by atoms with van der Waals surface area (Å²) in [5.74, 6) is -1.12. The predicted octanol–water partition coefficient (Wildman–Crippen LogP) is 8.54. The van der Waals surface area contributed by atoms with Crippen LogP contribution in [0.1, 0.15) is 162 Å². The molecule has 0 radical (unpaired) electrons. The van der Waals surface area contributed by atoms with Crippen LogP contribution in [0.3, 0.4) is 0 Å². The SMILES string of the molecule is CCCCCCCCC(OC(=O)CCCCC)C(CCCCCCCC(=O)O)OC(=O)CCCCC. The molecule has 0 aromatic carbocycles. The van der Waals surface area contributed by atoms with Gasteiger partial charge in [-0.05, 0) is 44.9 Å². The van der Waals surface area contributed by atoms with E-state index in [1.165, 1.54) is 25.7 Å². The summed E-state index contributed by atoms with van der Waals surface area (Å²) in [6.07, 6.45) is 18.8. The number of esters is 2. The molecule has 0 saturated carbocycles. The Hall–Kier alpha value is -1.59. The zero-order valence-electron chi connectivity index (χ0n) is 23.7. The van der Waals surface area contributed by atoms with Gasteiger partial charge >= 0.3 is 17.9 Å². The van der Waals surface area contributed by atoms with Gasteiger partial charge in [0.25, 0.3) is 0 Å². The second kappa shape index (κ2) is 25.1. The van der Waals surface area contributed by atoms with Gasteiger partial charge in [-0.25, -0.2) is 0 Å². The van der Waals surface area contributed by atoms with Crippen LogP contribution in [-0.2, 0) is 23.9 Å². The molecule has 0 rings (SSSR count). The molecule has 0 spiro atoms. The molecular formula is C30H56O6. The molecule has 0 aromatic heterocycles. The van der Waals surface area contributed by atoms with Gasteiger partial charge < -0.3 is 14.6 Å². The van der Waals surface area contributed by atoms with Gasteiger partial charge in [0.2, 0.25) is 0 Å². The topological polar surface area (TPSA) is 89.9 Å². The van der Waals surface area contributed by atoms with E-state index in [1.54, 1.807) is 0 Å². The van der Waals surface area contributed by atoms with Crippen molar-refractivity contribution in [2.45, 2.75) is 174 Å². The average Bonchev–Trinajstić information content (AvgIpc) is 2.84. The first-order chi connectivity index (χ1) is 17.4. The molecule has 6 nitrogen and oxygen atoms in total. The Morgan fingerprint density at radius 1 is 0.500 bits per heavy atom. The van der Waals surface area contributed by atoms with Gasteiger partial charge in [-0.1, -0.05) is 97.8 Å². The molecule has 2 unspecified atom stereocenters. The van der Waals surface area contributed by atoms with Crippen molar-refractivity contribution < 1.29 is 29.0 Å². The standard InChI is InChI=1S/C30H56O6/c1-4-7-10-11-13-18-21-26(35-29(33)24-16-8-5-2)27(36-30(34)25-17-9-6-3)22-19-14-12-15-20-23-28(31)32/h26-27H,4-25H2,1-3H3,(H,31,32). The van der Waals surface area contributed by atoms with E-state index in [-0.39, 0.29) is 24.5 Å². The minimum Gasteiger partial charge on any atom is -0.481 e. The fraction of sp³-hybridized carbons (Fsp3) is 0.900. The van der Waals surface area contributed by atoms with Crippen molar-refractivity contribution in [1.82, 2.24) is 0 Å². The number of unbranched alkanes of at least 4 members (excludes halogenated alkanes) is 13. The summed E-state index contributed by atoms with van der Waals surface area (Å²) in [6, 6.07) is 0. The van der Waals surface area contributed by atoms with Gasteiger partial charge in [0.05, 0.1) is 0 Å². The quantitative estimate of drug-likeness (QED) is 0.0922. The van der Waals surface area contributed by atoms with E-state index < -0.39 is 12.1 Å². The van der Waals surface area contributed by atoms with Crippen molar-refractivity contribution in [2.75, 3.05) is 0 Å². The lowest BCUT2D eigenvalue weighted by atomic mass is 9.99. The summed E-state index contributed by atoms with van der Waals surface area (Å²) in [4.78, 5) is 35.9. The molecule has 6 heteroatoms. The monoisotopic (exact) mass is 512 g/mol. The van der Waals surface area contributed by atoms with Gasteiger partial charge in [-0.15, -0.1) is 0 Å². The van der Waals surface area contributed by atoms with E-state index in [0.717, 1.165) is 83.5 Å². The maximum absolute atomic E-state index is 12.6. The number of hydrogen-bond donors (Lipinski definition) is 1. The van der Waals surface area contributed by atoms with Crippen molar-refractivity contribution in [1.29, 1.82) is 0 Å². The highest BCUT2D eigenvalue weighted by atomic mass is 16.6. The van der Waals surface area contributed by atoms with E-state index >= 15 is 0 Å². The molecule has 0 saturated heterocycles. The molecule has 0 aliphatic heterocycles. The highest BCUT2D eigenvalue weighted by Crippen LogP contribution is 2.22. The number of carboxylic acid groups (broad SMARTS) is 1. The van der Waals surface area contributed by atoms with Crippen molar-refractivity contribution in [3.8, 4) is 0 Å². The Morgan fingerprint density at radius 2 is 0.833 bits per heavy atom. The largest absolute Gasteiger partial charge is 0.481 e. The van der Waals surface area contributed by atoms with E-state index in [2.05, 4.69) is 20.8 Å². The van der Waals surface area contributed by atoms with E-state index in [1.807, 2.05) is 0 Å². The van der Waals surface area contributed by atoms with Crippen LogP contribution in [0.15, 0.2) is 0 Å². The molecule has 2 atom stereocenters. The number of rotatable bonds is 26. The molecule has 0 fully saturated rings. The third kappa shape index (κ3) is 21.7. The van der Waals surface area contributed by atoms with Gasteiger partial charge in [0, 0.05) is 19.3 Å². The van der Waals surface area contributed by atoms with Crippen LogP contribution in [0.2, 0.25) is 0 Å². The third-order valence-corrected chi connectivity index (χ3v) is 6.67. The molecule has 0 aliphatic rings. The maximum atomic E-state index is 12.6. The second-order valence-corrected chi connectivity index (χ2v) is 10.2. The summed E-state index contributed by atoms with van der Waals surface area (Å²) >= 11 is 0. The Morgan fingerprint density at radius 3 is 1.25 bits per heavy atom. The van der Waals surface area contributed by atoms with Crippen molar-refractivity contribution in [3.05, 3.63) is 0 Å². The van der Waals surface area contributed by atoms with Crippen molar-refractivity contribution in [2.24, 2.45) is 0 Å². The highest BCUT2D eigenvalue weighted by molar-refractivity contribution is 5.70. The fourth-order valence-electron chi connectivity index (χ4n) is 4.41. The van der Waals surface area contributed by atoms with Gasteiger partial charge in [-0.2, -0.15) is 0 Å². The lowest BCUT2D eigenvalue weighted by Gasteiger charge is -2.27. The fourth-order valence-corrected chi connectivity index (χ4v) is 4.41. The van der Waals surface area contributed by atoms with Gasteiger partial charge in [0.1, 0.15) is 12.2 Å². The third-order valence-electron chi connectivity index (χ3n) is 6.67. The van der Waals surface area contributed by atoms with Crippen LogP contribution in [0, 0.1) is 0 Å². The van der Waals surface area contributed by atoms with Crippen LogP contribution < -0.4 is 0 Å². The Balaban J connectivity index is 5.03. The second-order valence-electron chi connectivity index (χ2n) is 10.2. The normalized spacial score (nSPS) is 12.8. The average molecular weight is 513 g/mol. The summed E-state index contributed by atoms with van der Waals surface area (Å²) < 4.78 is 11.9. The van der Waals surface area contributed by atoms with Gasteiger partial charge in [-0.3, -0.25) is 14.4 Å². The Kier molecular flexibility index (Phi) is 24.0. The minimum absolute atomic E-state index is 0.180. The maximum Gasteiger partial charge on any atom is 0.306 e. The smallest absolute Gasteiger partial charge is 0.306 e. The van der Waals surface area contributed by atoms with Crippen LogP contribution >= 0.6 is 0 Å². The lowest BCUT2D eigenvalue weighted by molar-refractivity contribution is -0.169. The zero-order valence-corrected chi connectivity index (χ0v) is 23.7. The highest BCUT2D eigenvalue weighted by Gasteiger charge is 2.28. The van der Waals surface area contributed by atoms with E-state index in [4.69, 9.17) is 14.6 Å². The lowest BCUT2D eigenvalue weighted by Crippen LogP contribution is -2.35. The zero-order chi connectivity index (χ0) is 26.9. The van der Waals surface area contributed by atoms with E-state index in [9.17, 15) is 14.4 Å². The summed E-state index contributed by atoms with van der Waals surface area (Å²) in [5, 5.41) is 8.79. The minimum atomic E-state index is -0.747.